The normalized spacial score (nSPS) is 17.8. The summed E-state index contributed by atoms with van der Waals surface area (Å²) in [6.45, 7) is 3.51. The molecule has 0 saturated carbocycles. The molecule has 0 unspecified atom stereocenters. The van der Waals surface area contributed by atoms with Crippen molar-refractivity contribution >= 4 is 17.4 Å². The molecule has 146 valence electrons. The molecule has 0 radical (unpaired) electrons. The van der Waals surface area contributed by atoms with Gasteiger partial charge in [0.05, 0.1) is 19.2 Å². The monoisotopic (exact) mass is 391 g/mol. The number of aromatic nitrogens is 1. The van der Waals surface area contributed by atoms with Crippen molar-refractivity contribution in [2.75, 3.05) is 45.4 Å². The lowest BCUT2D eigenvalue weighted by molar-refractivity contribution is 0.135. The van der Waals surface area contributed by atoms with Gasteiger partial charge < -0.3 is 19.5 Å². The van der Waals surface area contributed by atoms with E-state index < -0.39 is 0 Å². The van der Waals surface area contributed by atoms with Crippen LogP contribution < -0.4 is 14.4 Å². The average molecular weight is 392 g/mol. The number of aliphatic hydroxyl groups is 1. The third-order valence-corrected chi connectivity index (χ3v) is 5.12. The number of halogens is 1. The first kappa shape index (κ1) is 19.7. The van der Waals surface area contributed by atoms with Crippen LogP contribution in [0.4, 0.5) is 5.82 Å². The zero-order valence-corrected chi connectivity index (χ0v) is 16.5. The molecule has 0 amide bonds. The zero-order valence-electron chi connectivity index (χ0n) is 15.8. The highest BCUT2D eigenvalue weighted by Gasteiger charge is 2.27. The molecule has 27 heavy (non-hydrogen) atoms. The lowest BCUT2D eigenvalue weighted by Gasteiger charge is -2.42. The first-order valence-corrected chi connectivity index (χ1v) is 9.44. The molecule has 6 nitrogen and oxygen atoms in total. The molecular formula is C20H26ClN3O3. The third kappa shape index (κ3) is 5.03. The van der Waals surface area contributed by atoms with Crippen molar-refractivity contribution in [1.82, 2.24) is 9.88 Å². The Morgan fingerprint density at radius 3 is 2.48 bits per heavy atom. The summed E-state index contributed by atoms with van der Waals surface area (Å²) in [5.41, 5.74) is 1.13. The maximum atomic E-state index is 9.54. The Hall–Kier alpha value is -2.02. The number of hydrogen-bond donors (Lipinski definition) is 1. The molecule has 7 heteroatoms. The van der Waals surface area contributed by atoms with Crippen LogP contribution >= 0.6 is 11.6 Å². The van der Waals surface area contributed by atoms with Crippen molar-refractivity contribution < 1.29 is 14.6 Å². The van der Waals surface area contributed by atoms with Crippen LogP contribution in [-0.4, -0.2) is 61.5 Å². The van der Waals surface area contributed by atoms with Crippen molar-refractivity contribution in [3.05, 3.63) is 47.1 Å². The van der Waals surface area contributed by atoms with Crippen molar-refractivity contribution in [1.29, 1.82) is 0 Å². The standard InChI is InChI=1S/C20H26ClN3O3/c1-26-18-9-15(10-19(11-18)27-2)13-23-6-7-24(14-17(23)5-8-25)20-4-3-16(21)12-22-20/h3-4,9-12,17,25H,5-8,13-14H2,1-2H3/t17-/m0/s1. The van der Waals surface area contributed by atoms with Crippen LogP contribution in [0.1, 0.15) is 12.0 Å². The molecule has 1 aromatic heterocycles. The average Bonchev–Trinajstić information content (AvgIpc) is 2.69. The number of benzene rings is 1. The van der Waals surface area contributed by atoms with Gasteiger partial charge in [0.1, 0.15) is 17.3 Å². The van der Waals surface area contributed by atoms with E-state index in [2.05, 4.69) is 14.8 Å². The van der Waals surface area contributed by atoms with E-state index in [1.165, 1.54) is 0 Å². The highest BCUT2D eigenvalue weighted by Crippen LogP contribution is 2.26. The fourth-order valence-corrected chi connectivity index (χ4v) is 3.59. The van der Waals surface area contributed by atoms with Crippen LogP contribution in [0.25, 0.3) is 0 Å². The topological polar surface area (TPSA) is 58.1 Å². The van der Waals surface area contributed by atoms with Crippen LogP contribution in [0.3, 0.4) is 0 Å². The summed E-state index contributed by atoms with van der Waals surface area (Å²) in [6.07, 6.45) is 2.39. The second-order valence-corrected chi connectivity index (χ2v) is 7.07. The summed E-state index contributed by atoms with van der Waals surface area (Å²) in [5, 5.41) is 10.2. The number of rotatable bonds is 7. The van der Waals surface area contributed by atoms with Gasteiger partial charge in [0.15, 0.2) is 0 Å². The molecule has 2 heterocycles. The number of aliphatic hydroxyl groups excluding tert-OH is 1. The second kappa shape index (κ2) is 9.26. The first-order valence-electron chi connectivity index (χ1n) is 9.06. The summed E-state index contributed by atoms with van der Waals surface area (Å²) in [5.74, 6) is 2.49. The Morgan fingerprint density at radius 1 is 1.15 bits per heavy atom. The van der Waals surface area contributed by atoms with Crippen LogP contribution in [0.2, 0.25) is 5.02 Å². The van der Waals surface area contributed by atoms with Gasteiger partial charge in [0.2, 0.25) is 0 Å². The highest BCUT2D eigenvalue weighted by molar-refractivity contribution is 6.30. The molecular weight excluding hydrogens is 366 g/mol. The maximum absolute atomic E-state index is 9.54. The number of anilines is 1. The van der Waals surface area contributed by atoms with Gasteiger partial charge in [-0.25, -0.2) is 4.98 Å². The number of piperazine rings is 1. The van der Waals surface area contributed by atoms with E-state index in [-0.39, 0.29) is 12.6 Å². The summed E-state index contributed by atoms with van der Waals surface area (Å²) >= 11 is 5.95. The van der Waals surface area contributed by atoms with Crippen LogP contribution in [0.5, 0.6) is 11.5 Å². The van der Waals surface area contributed by atoms with Gasteiger partial charge >= 0.3 is 0 Å². The van der Waals surface area contributed by atoms with E-state index in [4.69, 9.17) is 21.1 Å². The van der Waals surface area contributed by atoms with E-state index in [1.807, 2.05) is 30.3 Å². The maximum Gasteiger partial charge on any atom is 0.128 e. The molecule has 0 bridgehead atoms. The number of pyridine rings is 1. The van der Waals surface area contributed by atoms with Crippen LogP contribution in [0.15, 0.2) is 36.5 Å². The molecule has 1 aliphatic rings. The zero-order chi connectivity index (χ0) is 19.2. The third-order valence-electron chi connectivity index (χ3n) is 4.90. The number of ether oxygens (including phenoxy) is 2. The summed E-state index contributed by atoms with van der Waals surface area (Å²) in [7, 11) is 3.32. The Labute approximate surface area is 165 Å². The van der Waals surface area contributed by atoms with Crippen molar-refractivity contribution in [2.24, 2.45) is 0 Å². The molecule has 1 saturated heterocycles. The van der Waals surface area contributed by atoms with Gasteiger partial charge in [0, 0.05) is 51.1 Å². The molecule has 3 rings (SSSR count). The fraction of sp³-hybridized carbons (Fsp3) is 0.450. The number of hydrogen-bond acceptors (Lipinski definition) is 6. The predicted octanol–water partition coefficient (Wildman–Crippen LogP) is 2.83. The number of methoxy groups -OCH3 is 2. The molecule has 1 aliphatic heterocycles. The van der Waals surface area contributed by atoms with Crippen molar-refractivity contribution in [2.45, 2.75) is 19.0 Å². The summed E-state index contributed by atoms with van der Waals surface area (Å²) < 4.78 is 10.8. The number of nitrogens with zero attached hydrogens (tertiary/aromatic N) is 3. The van der Waals surface area contributed by atoms with Gasteiger partial charge in [-0.1, -0.05) is 11.6 Å². The fourth-order valence-electron chi connectivity index (χ4n) is 3.48. The molecule has 0 spiro atoms. The molecule has 0 aliphatic carbocycles. The second-order valence-electron chi connectivity index (χ2n) is 6.64. The predicted molar refractivity (Wildman–Crippen MR) is 107 cm³/mol. The highest BCUT2D eigenvalue weighted by atomic mass is 35.5. The van der Waals surface area contributed by atoms with E-state index in [0.717, 1.165) is 49.1 Å². The molecule has 1 N–H and O–H groups in total. The minimum Gasteiger partial charge on any atom is -0.497 e. The van der Waals surface area contributed by atoms with Crippen LogP contribution in [-0.2, 0) is 6.54 Å². The van der Waals surface area contributed by atoms with E-state index >= 15 is 0 Å². The summed E-state index contributed by atoms with van der Waals surface area (Å²) in [6, 6.07) is 9.98. The van der Waals surface area contributed by atoms with Gasteiger partial charge in [0.25, 0.3) is 0 Å². The van der Waals surface area contributed by atoms with Gasteiger partial charge in [-0.2, -0.15) is 0 Å². The lowest BCUT2D eigenvalue weighted by Crippen LogP contribution is -2.53. The Balaban J connectivity index is 1.73. The Kier molecular flexibility index (Phi) is 6.77. The lowest BCUT2D eigenvalue weighted by atomic mass is 10.1. The largest absolute Gasteiger partial charge is 0.497 e. The van der Waals surface area contributed by atoms with Crippen molar-refractivity contribution in [3.8, 4) is 11.5 Å². The molecule has 2 aromatic rings. The Bertz CT molecular complexity index is 720. The minimum atomic E-state index is 0.157. The van der Waals surface area contributed by atoms with Crippen molar-refractivity contribution in [3.63, 3.8) is 0 Å². The first-order chi connectivity index (χ1) is 13.1. The van der Waals surface area contributed by atoms with Gasteiger partial charge in [-0.3, -0.25) is 4.90 Å². The molecule has 1 aromatic carbocycles. The van der Waals surface area contributed by atoms with E-state index in [9.17, 15) is 5.11 Å². The van der Waals surface area contributed by atoms with Crippen LogP contribution in [0, 0.1) is 0 Å². The van der Waals surface area contributed by atoms with Gasteiger partial charge in [-0.15, -0.1) is 0 Å². The Morgan fingerprint density at radius 2 is 1.89 bits per heavy atom. The minimum absolute atomic E-state index is 0.157. The SMILES string of the molecule is COc1cc(CN2CCN(c3ccc(Cl)cn3)C[C@@H]2CCO)cc(OC)c1. The smallest absolute Gasteiger partial charge is 0.128 e. The van der Waals surface area contributed by atoms with Gasteiger partial charge in [-0.05, 0) is 36.2 Å². The van der Waals surface area contributed by atoms with E-state index in [0.29, 0.717) is 11.4 Å². The van der Waals surface area contributed by atoms with E-state index in [1.54, 1.807) is 20.4 Å². The quantitative estimate of drug-likeness (QED) is 0.783. The summed E-state index contributed by atoms with van der Waals surface area (Å²) in [4.78, 5) is 9.08. The molecule has 1 atom stereocenters. The molecule has 1 fully saturated rings.